The Bertz CT molecular complexity index is 235. The molecule has 0 spiro atoms. The molecule has 0 aliphatic heterocycles. The summed E-state index contributed by atoms with van der Waals surface area (Å²) in [6.45, 7) is 6.98. The zero-order valence-electron chi connectivity index (χ0n) is 10.6. The lowest BCUT2D eigenvalue weighted by molar-refractivity contribution is -0.132. The molecule has 0 atom stereocenters. The normalized spacial score (nSPS) is 25.0. The van der Waals surface area contributed by atoms with E-state index in [1.807, 2.05) is 13.8 Å². The number of nitrogens with one attached hydrogen (secondary N) is 1. The summed E-state index contributed by atoms with van der Waals surface area (Å²) >= 11 is 0. The minimum absolute atomic E-state index is 0.0250. The SMILES string of the molecule is CCC(C)(C)NC(=O)COC1CC(CN)C1. The largest absolute Gasteiger partial charge is 0.368 e. The van der Waals surface area contributed by atoms with Gasteiger partial charge >= 0.3 is 0 Å². The van der Waals surface area contributed by atoms with Gasteiger partial charge < -0.3 is 15.8 Å². The fourth-order valence-electron chi connectivity index (χ4n) is 1.70. The Hall–Kier alpha value is -0.610. The second kappa shape index (κ2) is 5.64. The van der Waals surface area contributed by atoms with Gasteiger partial charge in [-0.25, -0.2) is 0 Å². The van der Waals surface area contributed by atoms with Gasteiger partial charge in [-0.15, -0.1) is 0 Å². The number of carbonyl (C=O) groups is 1. The van der Waals surface area contributed by atoms with Crippen molar-refractivity contribution in [3.8, 4) is 0 Å². The van der Waals surface area contributed by atoms with Crippen molar-refractivity contribution in [3.63, 3.8) is 0 Å². The summed E-state index contributed by atoms with van der Waals surface area (Å²) in [5.41, 5.74) is 5.38. The maximum absolute atomic E-state index is 11.6. The number of hydrogen-bond donors (Lipinski definition) is 2. The molecule has 1 saturated carbocycles. The molecule has 0 bridgehead atoms. The average Bonchev–Trinajstić information content (AvgIpc) is 2.15. The summed E-state index contributed by atoms with van der Waals surface area (Å²) in [4.78, 5) is 11.6. The van der Waals surface area contributed by atoms with Gasteiger partial charge in [0.15, 0.2) is 0 Å². The summed E-state index contributed by atoms with van der Waals surface area (Å²) in [6.07, 6.45) is 3.16. The van der Waals surface area contributed by atoms with E-state index in [-0.39, 0.29) is 24.2 Å². The van der Waals surface area contributed by atoms with Crippen molar-refractivity contribution in [2.24, 2.45) is 11.7 Å². The molecule has 4 nitrogen and oxygen atoms in total. The minimum atomic E-state index is -0.139. The third-order valence-electron chi connectivity index (χ3n) is 3.34. The molecule has 0 aromatic carbocycles. The summed E-state index contributed by atoms with van der Waals surface area (Å²) < 4.78 is 5.49. The molecular weight excluding hydrogens is 204 g/mol. The number of rotatable bonds is 6. The highest BCUT2D eigenvalue weighted by Gasteiger charge is 2.29. The zero-order valence-corrected chi connectivity index (χ0v) is 10.6. The van der Waals surface area contributed by atoms with Crippen LogP contribution in [-0.4, -0.2) is 30.7 Å². The molecule has 0 unspecified atom stereocenters. The highest BCUT2D eigenvalue weighted by Crippen LogP contribution is 2.28. The van der Waals surface area contributed by atoms with Crippen molar-refractivity contribution in [1.82, 2.24) is 5.32 Å². The van der Waals surface area contributed by atoms with E-state index in [1.165, 1.54) is 0 Å². The van der Waals surface area contributed by atoms with E-state index in [4.69, 9.17) is 10.5 Å². The third-order valence-corrected chi connectivity index (χ3v) is 3.34. The number of carbonyl (C=O) groups excluding carboxylic acids is 1. The molecular formula is C12H24N2O2. The van der Waals surface area contributed by atoms with Gasteiger partial charge in [0.25, 0.3) is 0 Å². The fourth-order valence-corrected chi connectivity index (χ4v) is 1.70. The predicted molar refractivity (Wildman–Crippen MR) is 64.0 cm³/mol. The monoisotopic (exact) mass is 228 g/mol. The number of hydrogen-bond acceptors (Lipinski definition) is 3. The molecule has 0 radical (unpaired) electrons. The standard InChI is InChI=1S/C12H24N2O2/c1-4-12(2,3)14-11(15)8-16-10-5-9(6-10)7-13/h9-10H,4-8,13H2,1-3H3,(H,14,15). The molecule has 94 valence electrons. The van der Waals surface area contributed by atoms with Crippen LogP contribution in [0.4, 0.5) is 0 Å². The molecule has 1 fully saturated rings. The molecule has 0 heterocycles. The quantitative estimate of drug-likeness (QED) is 0.714. The highest BCUT2D eigenvalue weighted by molar-refractivity contribution is 5.77. The van der Waals surface area contributed by atoms with E-state index >= 15 is 0 Å². The molecule has 1 amide bonds. The Labute approximate surface area is 97.9 Å². The molecule has 4 heteroatoms. The second-order valence-corrected chi connectivity index (χ2v) is 5.29. The Balaban J connectivity index is 2.12. The van der Waals surface area contributed by atoms with Gasteiger partial charge in [0.05, 0.1) is 6.10 Å². The second-order valence-electron chi connectivity index (χ2n) is 5.29. The van der Waals surface area contributed by atoms with E-state index in [2.05, 4.69) is 12.2 Å². The van der Waals surface area contributed by atoms with Crippen molar-refractivity contribution in [2.45, 2.75) is 51.7 Å². The van der Waals surface area contributed by atoms with Gasteiger partial charge in [0.2, 0.25) is 5.91 Å². The predicted octanol–water partition coefficient (Wildman–Crippen LogP) is 1.05. The first-order valence-electron chi connectivity index (χ1n) is 6.09. The average molecular weight is 228 g/mol. The maximum atomic E-state index is 11.6. The van der Waals surface area contributed by atoms with Crippen LogP contribution in [0.3, 0.4) is 0 Å². The van der Waals surface area contributed by atoms with Crippen LogP contribution in [0.2, 0.25) is 0 Å². The van der Waals surface area contributed by atoms with Crippen LogP contribution in [0.1, 0.15) is 40.0 Å². The first-order valence-corrected chi connectivity index (χ1v) is 6.09. The summed E-state index contributed by atoms with van der Waals surface area (Å²) in [6, 6.07) is 0. The molecule has 3 N–H and O–H groups in total. The maximum Gasteiger partial charge on any atom is 0.246 e. The van der Waals surface area contributed by atoms with Gasteiger partial charge in [0.1, 0.15) is 6.61 Å². The number of ether oxygens (including phenoxy) is 1. The van der Waals surface area contributed by atoms with Gasteiger partial charge in [-0.3, -0.25) is 4.79 Å². The van der Waals surface area contributed by atoms with E-state index in [9.17, 15) is 4.79 Å². The molecule has 16 heavy (non-hydrogen) atoms. The van der Waals surface area contributed by atoms with Crippen LogP contribution in [0, 0.1) is 5.92 Å². The summed E-state index contributed by atoms with van der Waals surface area (Å²) in [5.74, 6) is 0.572. The summed E-state index contributed by atoms with van der Waals surface area (Å²) in [5, 5.41) is 2.95. The lowest BCUT2D eigenvalue weighted by Crippen LogP contribution is -2.46. The van der Waals surface area contributed by atoms with E-state index in [1.54, 1.807) is 0 Å². The molecule has 1 aliphatic rings. The van der Waals surface area contributed by atoms with Crippen molar-refractivity contribution in [2.75, 3.05) is 13.2 Å². The van der Waals surface area contributed by atoms with Gasteiger partial charge in [0, 0.05) is 5.54 Å². The van der Waals surface area contributed by atoms with Crippen molar-refractivity contribution in [1.29, 1.82) is 0 Å². The molecule has 1 aliphatic carbocycles. The Morgan fingerprint density at radius 1 is 1.50 bits per heavy atom. The van der Waals surface area contributed by atoms with Crippen LogP contribution in [-0.2, 0) is 9.53 Å². The Morgan fingerprint density at radius 3 is 2.62 bits per heavy atom. The zero-order chi connectivity index (χ0) is 12.2. The third kappa shape index (κ3) is 4.10. The highest BCUT2D eigenvalue weighted by atomic mass is 16.5. The van der Waals surface area contributed by atoms with Gasteiger partial charge in [-0.2, -0.15) is 0 Å². The van der Waals surface area contributed by atoms with Crippen molar-refractivity contribution >= 4 is 5.91 Å². The molecule has 1 rings (SSSR count). The first kappa shape index (κ1) is 13.5. The first-order chi connectivity index (χ1) is 7.46. The van der Waals surface area contributed by atoms with Gasteiger partial charge in [-0.05, 0) is 45.6 Å². The van der Waals surface area contributed by atoms with Gasteiger partial charge in [-0.1, -0.05) is 6.92 Å². The fraction of sp³-hybridized carbons (Fsp3) is 0.917. The van der Waals surface area contributed by atoms with Crippen LogP contribution in [0.15, 0.2) is 0 Å². The Morgan fingerprint density at radius 2 is 2.12 bits per heavy atom. The molecule has 0 aromatic rings. The Kier molecular flexibility index (Phi) is 4.74. The molecule has 0 aromatic heterocycles. The van der Waals surface area contributed by atoms with E-state index in [0.29, 0.717) is 5.92 Å². The van der Waals surface area contributed by atoms with Crippen molar-refractivity contribution in [3.05, 3.63) is 0 Å². The lowest BCUT2D eigenvalue weighted by Gasteiger charge is -2.34. The topological polar surface area (TPSA) is 64.3 Å². The van der Waals surface area contributed by atoms with Crippen LogP contribution in [0.25, 0.3) is 0 Å². The van der Waals surface area contributed by atoms with Crippen LogP contribution in [0.5, 0.6) is 0 Å². The van der Waals surface area contributed by atoms with E-state index in [0.717, 1.165) is 25.8 Å². The lowest BCUT2D eigenvalue weighted by atomic mass is 9.82. The number of nitrogens with two attached hydrogens (primary N) is 1. The molecule has 0 saturated heterocycles. The number of amides is 1. The van der Waals surface area contributed by atoms with E-state index < -0.39 is 0 Å². The van der Waals surface area contributed by atoms with Crippen LogP contribution < -0.4 is 11.1 Å². The van der Waals surface area contributed by atoms with Crippen LogP contribution >= 0.6 is 0 Å². The van der Waals surface area contributed by atoms with Crippen molar-refractivity contribution < 1.29 is 9.53 Å². The summed E-state index contributed by atoms with van der Waals surface area (Å²) in [7, 11) is 0. The smallest absolute Gasteiger partial charge is 0.246 e. The minimum Gasteiger partial charge on any atom is -0.368 e.